The van der Waals surface area contributed by atoms with Crippen LogP contribution in [0, 0.1) is 0 Å². The number of hydrogen-bond donors (Lipinski definition) is 2. The second-order valence-electron chi connectivity index (χ2n) is 5.88. The Hall–Kier alpha value is -0.550. The Bertz CT molecular complexity index is 393. The van der Waals surface area contributed by atoms with Crippen LogP contribution < -0.4 is 5.32 Å². The summed E-state index contributed by atoms with van der Waals surface area (Å²) in [4.78, 5) is 0. The lowest BCUT2D eigenvalue weighted by Crippen LogP contribution is -2.39. The van der Waals surface area contributed by atoms with E-state index in [2.05, 4.69) is 11.6 Å². The maximum atomic E-state index is 9.96. The smallest absolute Gasteiger partial charge is 0.0897 e. The summed E-state index contributed by atoms with van der Waals surface area (Å²) in [6, 6.07) is 10.1. The van der Waals surface area contributed by atoms with Gasteiger partial charge in [0.1, 0.15) is 0 Å². The van der Waals surface area contributed by atoms with Crippen LogP contribution in [-0.4, -0.2) is 41.9 Å². The van der Waals surface area contributed by atoms with Gasteiger partial charge in [0.15, 0.2) is 0 Å². The summed E-state index contributed by atoms with van der Waals surface area (Å²) in [7, 11) is 0. The van der Waals surface area contributed by atoms with Crippen LogP contribution in [0.25, 0.3) is 0 Å². The summed E-state index contributed by atoms with van der Waals surface area (Å²) in [5, 5.41) is 13.4. The van der Waals surface area contributed by atoms with Crippen LogP contribution in [-0.2, 0) is 11.3 Å². The van der Waals surface area contributed by atoms with Crippen molar-refractivity contribution in [1.82, 2.24) is 5.32 Å². The van der Waals surface area contributed by atoms with Gasteiger partial charge in [0.05, 0.1) is 19.3 Å². The van der Waals surface area contributed by atoms with Gasteiger partial charge in [0, 0.05) is 17.8 Å². The first-order valence-corrected chi connectivity index (χ1v) is 9.02. The van der Waals surface area contributed by atoms with Crippen molar-refractivity contribution in [3.8, 4) is 0 Å². The lowest BCUT2D eigenvalue weighted by Gasteiger charge is -2.27. The third kappa shape index (κ3) is 5.62. The summed E-state index contributed by atoms with van der Waals surface area (Å²) >= 11 is 1.97. The van der Waals surface area contributed by atoms with Gasteiger partial charge in [-0.2, -0.15) is 11.8 Å². The molecular formula is C17H27NO2S. The molecule has 4 heteroatoms. The molecule has 118 valence electrons. The molecule has 2 N–H and O–H groups in total. The van der Waals surface area contributed by atoms with Gasteiger partial charge in [-0.05, 0) is 24.7 Å². The van der Waals surface area contributed by atoms with E-state index in [9.17, 15) is 5.11 Å². The molecule has 0 bridgehead atoms. The first-order valence-electron chi connectivity index (χ1n) is 7.80. The predicted molar refractivity (Wildman–Crippen MR) is 89.7 cm³/mol. The molecule has 0 aromatic heterocycles. The molecule has 21 heavy (non-hydrogen) atoms. The van der Waals surface area contributed by atoms with E-state index < -0.39 is 6.10 Å². The molecule has 1 aromatic carbocycles. The Morgan fingerprint density at radius 1 is 1.29 bits per heavy atom. The van der Waals surface area contributed by atoms with Crippen molar-refractivity contribution in [2.24, 2.45) is 0 Å². The first-order chi connectivity index (χ1) is 10.2. The van der Waals surface area contributed by atoms with Gasteiger partial charge >= 0.3 is 0 Å². The number of aliphatic hydroxyl groups excluding tert-OH is 1. The van der Waals surface area contributed by atoms with Crippen LogP contribution in [0.4, 0.5) is 0 Å². The average Bonchev–Trinajstić information content (AvgIpc) is 2.98. The number of thioether (sulfide) groups is 1. The van der Waals surface area contributed by atoms with Gasteiger partial charge in [-0.3, -0.25) is 0 Å². The number of ether oxygens (including phenoxy) is 1. The molecule has 0 heterocycles. The van der Waals surface area contributed by atoms with E-state index in [0.29, 0.717) is 24.5 Å². The molecule has 0 radical (unpaired) electrons. The molecule has 0 saturated heterocycles. The quantitative estimate of drug-likeness (QED) is 0.736. The van der Waals surface area contributed by atoms with E-state index in [-0.39, 0.29) is 0 Å². The minimum atomic E-state index is -0.436. The molecule has 2 rings (SSSR count). The predicted octanol–water partition coefficient (Wildman–Crippen LogP) is 2.83. The van der Waals surface area contributed by atoms with E-state index in [1.807, 2.05) is 42.1 Å². The van der Waals surface area contributed by atoms with Crippen molar-refractivity contribution >= 4 is 11.8 Å². The fourth-order valence-corrected chi connectivity index (χ4v) is 3.83. The SMILES string of the molecule is CSC1(CNCC(O)COCc2ccccc2)CCCC1. The Morgan fingerprint density at radius 2 is 2.00 bits per heavy atom. The van der Waals surface area contributed by atoms with E-state index in [0.717, 1.165) is 12.1 Å². The number of nitrogens with one attached hydrogen (secondary N) is 1. The van der Waals surface area contributed by atoms with Gasteiger partial charge < -0.3 is 15.2 Å². The number of hydrogen-bond acceptors (Lipinski definition) is 4. The zero-order valence-corrected chi connectivity index (χ0v) is 13.7. The average molecular weight is 309 g/mol. The Labute approximate surface area is 132 Å². The summed E-state index contributed by atoms with van der Waals surface area (Å²) in [5.74, 6) is 0. The topological polar surface area (TPSA) is 41.5 Å². The maximum Gasteiger partial charge on any atom is 0.0897 e. The Morgan fingerprint density at radius 3 is 2.67 bits per heavy atom. The monoisotopic (exact) mass is 309 g/mol. The summed E-state index contributed by atoms with van der Waals surface area (Å²) in [6.45, 7) is 2.54. The highest BCUT2D eigenvalue weighted by atomic mass is 32.2. The van der Waals surface area contributed by atoms with Crippen LogP contribution in [0.15, 0.2) is 30.3 Å². The fourth-order valence-electron chi connectivity index (χ4n) is 2.88. The fraction of sp³-hybridized carbons (Fsp3) is 0.647. The third-order valence-corrected chi connectivity index (χ3v) is 5.62. The number of benzene rings is 1. The van der Waals surface area contributed by atoms with E-state index >= 15 is 0 Å². The highest BCUT2D eigenvalue weighted by molar-refractivity contribution is 8.00. The Kier molecular flexibility index (Phi) is 7.04. The van der Waals surface area contributed by atoms with Crippen molar-refractivity contribution in [1.29, 1.82) is 0 Å². The van der Waals surface area contributed by atoms with Crippen LogP contribution in [0.5, 0.6) is 0 Å². The molecule has 0 spiro atoms. The summed E-state index contributed by atoms with van der Waals surface area (Å²) < 4.78 is 5.95. The summed E-state index contributed by atoms with van der Waals surface area (Å²) in [6.07, 6.45) is 7.03. The molecule has 1 aliphatic carbocycles. The first kappa shape index (κ1) is 16.8. The van der Waals surface area contributed by atoms with Crippen molar-refractivity contribution < 1.29 is 9.84 Å². The molecule has 1 saturated carbocycles. The van der Waals surface area contributed by atoms with Crippen LogP contribution in [0.1, 0.15) is 31.2 Å². The van der Waals surface area contributed by atoms with E-state index in [4.69, 9.17) is 4.74 Å². The van der Waals surface area contributed by atoms with Gasteiger partial charge in [-0.25, -0.2) is 0 Å². The van der Waals surface area contributed by atoms with E-state index in [1.165, 1.54) is 25.7 Å². The molecule has 1 aromatic rings. The van der Waals surface area contributed by atoms with Gasteiger partial charge in [0.25, 0.3) is 0 Å². The van der Waals surface area contributed by atoms with Crippen LogP contribution in [0.3, 0.4) is 0 Å². The zero-order valence-electron chi connectivity index (χ0n) is 12.9. The lowest BCUT2D eigenvalue weighted by molar-refractivity contribution is 0.0287. The highest BCUT2D eigenvalue weighted by Gasteiger charge is 2.32. The van der Waals surface area contributed by atoms with Gasteiger partial charge in [-0.15, -0.1) is 0 Å². The molecule has 1 unspecified atom stereocenters. The largest absolute Gasteiger partial charge is 0.389 e. The normalized spacial score (nSPS) is 18.8. The molecular weight excluding hydrogens is 282 g/mol. The molecule has 1 fully saturated rings. The molecule has 0 aliphatic heterocycles. The maximum absolute atomic E-state index is 9.96. The highest BCUT2D eigenvalue weighted by Crippen LogP contribution is 2.39. The zero-order chi connectivity index (χ0) is 15.0. The second kappa shape index (κ2) is 8.79. The molecule has 3 nitrogen and oxygen atoms in total. The van der Waals surface area contributed by atoms with Gasteiger partial charge in [0.2, 0.25) is 0 Å². The van der Waals surface area contributed by atoms with Crippen LogP contribution >= 0.6 is 11.8 Å². The van der Waals surface area contributed by atoms with Gasteiger partial charge in [-0.1, -0.05) is 43.2 Å². The minimum absolute atomic E-state index is 0.383. The summed E-state index contributed by atoms with van der Waals surface area (Å²) in [5.41, 5.74) is 1.14. The van der Waals surface area contributed by atoms with Crippen molar-refractivity contribution in [2.45, 2.75) is 43.1 Å². The van der Waals surface area contributed by atoms with Crippen molar-refractivity contribution in [3.63, 3.8) is 0 Å². The molecule has 0 amide bonds. The minimum Gasteiger partial charge on any atom is -0.389 e. The van der Waals surface area contributed by atoms with E-state index in [1.54, 1.807) is 0 Å². The van der Waals surface area contributed by atoms with Crippen molar-refractivity contribution in [3.05, 3.63) is 35.9 Å². The molecule has 1 aliphatic rings. The molecule has 1 atom stereocenters. The second-order valence-corrected chi connectivity index (χ2v) is 7.15. The van der Waals surface area contributed by atoms with Crippen LogP contribution in [0.2, 0.25) is 0 Å². The Balaban J connectivity index is 1.58. The van der Waals surface area contributed by atoms with Crippen molar-refractivity contribution in [2.75, 3.05) is 26.0 Å². The lowest BCUT2D eigenvalue weighted by atomic mass is 10.1. The number of aliphatic hydroxyl groups is 1. The number of rotatable bonds is 9. The standard InChI is InChI=1S/C17H27NO2S/c1-21-17(9-5-6-10-17)14-18-11-16(19)13-20-12-15-7-3-2-4-8-15/h2-4,7-8,16,18-19H,5-6,9-14H2,1H3. The third-order valence-electron chi connectivity index (χ3n) is 4.20.